The van der Waals surface area contributed by atoms with E-state index in [4.69, 9.17) is 9.97 Å². The van der Waals surface area contributed by atoms with Crippen molar-refractivity contribution < 1.29 is 0 Å². The molecule has 0 radical (unpaired) electrons. The van der Waals surface area contributed by atoms with Crippen LogP contribution < -0.4 is 4.90 Å². The molecule has 0 aliphatic carbocycles. The van der Waals surface area contributed by atoms with E-state index >= 15 is 0 Å². The summed E-state index contributed by atoms with van der Waals surface area (Å²) in [7, 11) is 0. The van der Waals surface area contributed by atoms with Gasteiger partial charge in [0.25, 0.3) is 0 Å². The number of allylic oxidation sites excluding steroid dienone is 4. The second-order valence-electron chi connectivity index (χ2n) is 14.3. The number of hydrogen-bond acceptors (Lipinski definition) is 3. The predicted octanol–water partition coefficient (Wildman–Crippen LogP) is 13.5. The maximum Gasteiger partial charge on any atom is 0.235 e. The summed E-state index contributed by atoms with van der Waals surface area (Å²) in [6.45, 7) is 5.28. The minimum Gasteiger partial charge on any atom is -0.337 e. The first-order valence-electron chi connectivity index (χ1n) is 19.3. The molecule has 1 aliphatic heterocycles. The molecule has 57 heavy (non-hydrogen) atoms. The molecule has 0 unspecified atom stereocenters. The summed E-state index contributed by atoms with van der Waals surface area (Å²) in [4.78, 5) is 12.8. The molecule has 7 aromatic carbocycles. The molecule has 0 N–H and O–H groups in total. The molecule has 4 heteroatoms. The average Bonchev–Trinajstić information content (AvgIpc) is 3.65. The quantitative estimate of drug-likeness (QED) is 0.171. The zero-order valence-corrected chi connectivity index (χ0v) is 31.3. The Morgan fingerprint density at radius 1 is 0.456 bits per heavy atom. The van der Waals surface area contributed by atoms with E-state index in [0.29, 0.717) is 5.95 Å². The van der Waals surface area contributed by atoms with E-state index in [1.165, 1.54) is 11.1 Å². The van der Waals surface area contributed by atoms with Crippen LogP contribution in [0, 0.1) is 0 Å². The largest absolute Gasteiger partial charge is 0.337 e. The number of nitrogens with zero attached hydrogens (tertiary/aromatic N) is 4. The first-order chi connectivity index (χ1) is 28.2. The van der Waals surface area contributed by atoms with E-state index in [1.807, 2.05) is 12.1 Å². The molecule has 4 nitrogen and oxygen atoms in total. The maximum absolute atomic E-state index is 5.21. The van der Waals surface area contributed by atoms with Gasteiger partial charge in [-0.3, -0.25) is 4.57 Å². The van der Waals surface area contributed by atoms with Gasteiger partial charge in [-0.15, -0.1) is 0 Å². The lowest BCUT2D eigenvalue weighted by molar-refractivity contribution is 0.995. The SMILES string of the molecule is C=C1/C=C\C=C/CN(c2cccc(-c3ccccc3)c2)c2ccc(-c3ccc4c(c3)c3ccccc3n4-c3nc(-c4ccccc4)cc(-c4ccccc4)n3)cc21. The van der Waals surface area contributed by atoms with Crippen molar-refractivity contribution in [2.45, 2.75) is 0 Å². The van der Waals surface area contributed by atoms with Crippen LogP contribution in [0.1, 0.15) is 5.56 Å². The van der Waals surface area contributed by atoms with Crippen LogP contribution in [-0.2, 0) is 0 Å². The van der Waals surface area contributed by atoms with Crippen molar-refractivity contribution >= 4 is 38.8 Å². The standard InChI is InChI=1S/C53H38N4/c1-37-17-6-5-15-32-56(44-25-16-24-41(33-44)38-18-7-2-8-19-38)50-30-28-42(34-46(37)50)43-29-31-52-47(35-43)45-26-13-14-27-51(45)57(52)53-54-48(39-20-9-3-10-21-39)36-49(55-53)40-22-11-4-12-23-40/h2-31,33-36H,1,32H2/b15-5-,17-6-. The molecule has 0 spiro atoms. The van der Waals surface area contributed by atoms with Crippen LogP contribution in [0.5, 0.6) is 0 Å². The molecule has 0 saturated carbocycles. The highest BCUT2D eigenvalue weighted by atomic mass is 15.2. The molecular weight excluding hydrogens is 693 g/mol. The zero-order valence-electron chi connectivity index (χ0n) is 31.3. The highest BCUT2D eigenvalue weighted by Gasteiger charge is 2.20. The van der Waals surface area contributed by atoms with Crippen LogP contribution in [0.15, 0.2) is 213 Å². The topological polar surface area (TPSA) is 34.0 Å². The monoisotopic (exact) mass is 730 g/mol. The number of rotatable bonds is 6. The number of aromatic nitrogens is 3. The highest BCUT2D eigenvalue weighted by Crippen LogP contribution is 2.40. The Labute approximate surface area is 332 Å². The number of hydrogen-bond donors (Lipinski definition) is 0. The molecule has 0 saturated heterocycles. The summed E-state index contributed by atoms with van der Waals surface area (Å²) in [5, 5.41) is 2.29. The fourth-order valence-corrected chi connectivity index (χ4v) is 7.96. The first-order valence-corrected chi connectivity index (χ1v) is 19.3. The van der Waals surface area contributed by atoms with Crippen LogP contribution in [0.4, 0.5) is 11.4 Å². The Hall–Kier alpha value is -7.56. The van der Waals surface area contributed by atoms with Crippen LogP contribution in [-0.4, -0.2) is 21.1 Å². The van der Waals surface area contributed by atoms with Gasteiger partial charge in [-0.2, -0.15) is 0 Å². The Kier molecular flexibility index (Phi) is 8.69. The Morgan fingerprint density at radius 2 is 1.05 bits per heavy atom. The van der Waals surface area contributed by atoms with Gasteiger partial charge in [0.2, 0.25) is 5.95 Å². The molecule has 0 fully saturated rings. The Morgan fingerprint density at radius 3 is 1.79 bits per heavy atom. The molecule has 0 atom stereocenters. The van der Waals surface area contributed by atoms with Crippen LogP contribution in [0.2, 0.25) is 0 Å². The number of benzene rings is 7. The van der Waals surface area contributed by atoms with E-state index in [9.17, 15) is 0 Å². The van der Waals surface area contributed by atoms with E-state index in [0.717, 1.165) is 84.5 Å². The molecular formula is C53H38N4. The smallest absolute Gasteiger partial charge is 0.235 e. The first kappa shape index (κ1) is 34.0. The van der Waals surface area contributed by atoms with E-state index < -0.39 is 0 Å². The zero-order chi connectivity index (χ0) is 38.1. The lowest BCUT2D eigenvalue weighted by Crippen LogP contribution is -2.18. The second-order valence-corrected chi connectivity index (χ2v) is 14.3. The van der Waals surface area contributed by atoms with Gasteiger partial charge in [-0.05, 0) is 76.4 Å². The van der Waals surface area contributed by atoms with Gasteiger partial charge >= 0.3 is 0 Å². The molecule has 0 bridgehead atoms. The van der Waals surface area contributed by atoms with Gasteiger partial charge < -0.3 is 4.90 Å². The summed E-state index contributed by atoms with van der Waals surface area (Å²) in [6.07, 6.45) is 8.50. The van der Waals surface area contributed by atoms with Gasteiger partial charge in [-0.1, -0.05) is 164 Å². The molecule has 2 aromatic heterocycles. The van der Waals surface area contributed by atoms with Crippen molar-refractivity contribution in [3.05, 3.63) is 218 Å². The Bertz CT molecular complexity index is 2940. The van der Waals surface area contributed by atoms with Crippen molar-refractivity contribution in [3.63, 3.8) is 0 Å². The lowest BCUT2D eigenvalue weighted by Gasteiger charge is -2.27. The summed E-state index contributed by atoms with van der Waals surface area (Å²) >= 11 is 0. The van der Waals surface area contributed by atoms with E-state index in [2.05, 4.69) is 210 Å². The van der Waals surface area contributed by atoms with Crippen molar-refractivity contribution in [3.8, 4) is 50.7 Å². The van der Waals surface area contributed by atoms with Crippen molar-refractivity contribution in [2.24, 2.45) is 0 Å². The lowest BCUT2D eigenvalue weighted by atomic mass is 9.96. The van der Waals surface area contributed by atoms with Gasteiger partial charge in [0, 0.05) is 45.4 Å². The van der Waals surface area contributed by atoms with Gasteiger partial charge in [0.05, 0.1) is 22.4 Å². The molecule has 3 heterocycles. The summed E-state index contributed by atoms with van der Waals surface area (Å²) in [6, 6.07) is 64.2. The van der Waals surface area contributed by atoms with Crippen molar-refractivity contribution in [1.82, 2.24) is 14.5 Å². The maximum atomic E-state index is 5.21. The van der Waals surface area contributed by atoms with Gasteiger partial charge in [0.15, 0.2) is 0 Å². The van der Waals surface area contributed by atoms with Gasteiger partial charge in [0.1, 0.15) is 0 Å². The molecule has 9 aromatic rings. The second kappa shape index (κ2) is 14.6. The minimum atomic E-state index is 0.638. The molecule has 0 amide bonds. The normalized spacial score (nSPS) is 13.8. The minimum absolute atomic E-state index is 0.638. The fraction of sp³-hybridized carbons (Fsp3) is 0.0189. The van der Waals surface area contributed by atoms with Crippen molar-refractivity contribution in [1.29, 1.82) is 0 Å². The number of anilines is 2. The molecule has 10 rings (SSSR count). The Balaban J connectivity index is 1.10. The van der Waals surface area contributed by atoms with Gasteiger partial charge in [-0.25, -0.2) is 9.97 Å². The molecule has 270 valence electrons. The third-order valence-electron chi connectivity index (χ3n) is 10.8. The number of fused-ring (bicyclic) bond motifs is 4. The third-order valence-corrected chi connectivity index (χ3v) is 10.8. The van der Waals surface area contributed by atoms with E-state index in [-0.39, 0.29) is 0 Å². The van der Waals surface area contributed by atoms with Crippen molar-refractivity contribution in [2.75, 3.05) is 11.4 Å². The third kappa shape index (κ3) is 6.43. The summed E-state index contributed by atoms with van der Waals surface area (Å²) in [5.41, 5.74) is 14.9. The fourth-order valence-electron chi connectivity index (χ4n) is 7.96. The van der Waals surface area contributed by atoms with Crippen LogP contribution in [0.3, 0.4) is 0 Å². The highest BCUT2D eigenvalue weighted by molar-refractivity contribution is 6.10. The average molecular weight is 731 g/mol. The summed E-state index contributed by atoms with van der Waals surface area (Å²) < 4.78 is 2.21. The summed E-state index contributed by atoms with van der Waals surface area (Å²) in [5.74, 6) is 0.638. The molecule has 1 aliphatic rings. The predicted molar refractivity (Wildman–Crippen MR) is 239 cm³/mol. The number of para-hydroxylation sites is 1. The van der Waals surface area contributed by atoms with Crippen LogP contribution in [0.25, 0.3) is 78.1 Å². The van der Waals surface area contributed by atoms with Crippen LogP contribution >= 0.6 is 0 Å². The van der Waals surface area contributed by atoms with E-state index in [1.54, 1.807) is 0 Å².